The fraction of sp³-hybridized carbons (Fsp3) is 0.417. The molecule has 0 aliphatic heterocycles. The molecule has 16 heavy (non-hydrogen) atoms. The first-order chi connectivity index (χ1) is 7.69. The number of nitriles is 2. The summed E-state index contributed by atoms with van der Waals surface area (Å²) in [5.41, 5.74) is 0.590. The van der Waals surface area contributed by atoms with E-state index < -0.39 is 0 Å². The molecule has 0 aliphatic carbocycles. The molecule has 0 spiro atoms. The van der Waals surface area contributed by atoms with Gasteiger partial charge in [0.05, 0.1) is 24.1 Å². The number of nitrogens with zero attached hydrogens (tertiary/aromatic N) is 4. The Kier molecular flexibility index (Phi) is 4.29. The maximum Gasteiger partial charge on any atom is 0.130 e. The molecule has 1 aromatic heterocycles. The van der Waals surface area contributed by atoms with Crippen LogP contribution in [0.1, 0.15) is 25.8 Å². The van der Waals surface area contributed by atoms with E-state index in [2.05, 4.69) is 17.1 Å². The molecular weight excluding hydrogens is 200 g/mol. The van der Waals surface area contributed by atoms with Gasteiger partial charge in [0.25, 0.3) is 0 Å². The Bertz CT molecular complexity index is 425. The topological polar surface area (TPSA) is 63.7 Å². The number of rotatable bonds is 4. The summed E-state index contributed by atoms with van der Waals surface area (Å²) in [6.45, 7) is 4.71. The number of hydrogen-bond acceptors (Lipinski definition) is 4. The molecule has 0 aromatic carbocycles. The first-order valence-electron chi connectivity index (χ1n) is 5.18. The summed E-state index contributed by atoms with van der Waals surface area (Å²) < 4.78 is 0. The second-order valence-electron chi connectivity index (χ2n) is 3.71. The highest BCUT2D eigenvalue weighted by Crippen LogP contribution is 2.15. The quantitative estimate of drug-likeness (QED) is 0.769. The monoisotopic (exact) mass is 214 g/mol. The van der Waals surface area contributed by atoms with E-state index in [0.29, 0.717) is 18.5 Å². The molecule has 1 rings (SSSR count). The SMILES string of the molecule is CC(C)N(CCC#N)c1cc(C#N)ccn1. The van der Waals surface area contributed by atoms with Crippen molar-refractivity contribution in [2.75, 3.05) is 11.4 Å². The maximum atomic E-state index is 8.81. The average Bonchev–Trinajstić information content (AvgIpc) is 2.29. The second-order valence-corrected chi connectivity index (χ2v) is 3.71. The number of anilines is 1. The molecule has 0 aliphatic rings. The van der Waals surface area contributed by atoms with E-state index in [0.717, 1.165) is 5.82 Å². The Labute approximate surface area is 95.8 Å². The van der Waals surface area contributed by atoms with E-state index in [9.17, 15) is 0 Å². The van der Waals surface area contributed by atoms with Crippen molar-refractivity contribution in [2.24, 2.45) is 0 Å². The van der Waals surface area contributed by atoms with Crippen molar-refractivity contribution in [1.29, 1.82) is 10.5 Å². The van der Waals surface area contributed by atoms with Crippen LogP contribution >= 0.6 is 0 Å². The molecule has 1 heterocycles. The van der Waals surface area contributed by atoms with E-state index in [1.54, 1.807) is 18.3 Å². The summed E-state index contributed by atoms with van der Waals surface area (Å²) in [5, 5.41) is 17.4. The van der Waals surface area contributed by atoms with E-state index in [-0.39, 0.29) is 6.04 Å². The maximum absolute atomic E-state index is 8.81. The predicted molar refractivity (Wildman–Crippen MR) is 61.7 cm³/mol. The van der Waals surface area contributed by atoms with E-state index in [1.165, 1.54) is 0 Å². The Hall–Kier alpha value is -2.07. The van der Waals surface area contributed by atoms with Crippen LogP contribution in [-0.4, -0.2) is 17.6 Å². The van der Waals surface area contributed by atoms with E-state index in [4.69, 9.17) is 10.5 Å². The molecule has 0 radical (unpaired) electrons. The molecule has 4 nitrogen and oxygen atoms in total. The van der Waals surface area contributed by atoms with Crippen molar-refractivity contribution in [3.8, 4) is 12.1 Å². The summed E-state index contributed by atoms with van der Waals surface area (Å²) in [6.07, 6.45) is 2.08. The van der Waals surface area contributed by atoms with Crippen LogP contribution in [0.3, 0.4) is 0 Å². The van der Waals surface area contributed by atoms with Crippen LogP contribution in [-0.2, 0) is 0 Å². The molecule has 0 N–H and O–H groups in total. The average molecular weight is 214 g/mol. The lowest BCUT2D eigenvalue weighted by Crippen LogP contribution is -2.32. The van der Waals surface area contributed by atoms with Crippen molar-refractivity contribution in [1.82, 2.24) is 4.98 Å². The smallest absolute Gasteiger partial charge is 0.130 e. The summed E-state index contributed by atoms with van der Waals surface area (Å²) in [6, 6.07) is 7.88. The minimum absolute atomic E-state index is 0.259. The lowest BCUT2D eigenvalue weighted by molar-refractivity contribution is 0.677. The lowest BCUT2D eigenvalue weighted by Gasteiger charge is -2.26. The highest BCUT2D eigenvalue weighted by Gasteiger charge is 2.11. The minimum Gasteiger partial charge on any atom is -0.353 e. The summed E-state index contributed by atoms with van der Waals surface area (Å²) in [5.74, 6) is 0.754. The molecular formula is C12H14N4. The van der Waals surface area contributed by atoms with Gasteiger partial charge in [0.1, 0.15) is 5.82 Å². The summed E-state index contributed by atoms with van der Waals surface area (Å²) in [4.78, 5) is 6.25. The molecule has 0 unspecified atom stereocenters. The van der Waals surface area contributed by atoms with E-state index in [1.807, 2.05) is 18.7 Å². The molecule has 0 saturated heterocycles. The van der Waals surface area contributed by atoms with Crippen molar-refractivity contribution in [3.63, 3.8) is 0 Å². The third-order valence-electron chi connectivity index (χ3n) is 2.26. The van der Waals surface area contributed by atoms with Gasteiger partial charge in [-0.25, -0.2) is 4.98 Å². The molecule has 0 atom stereocenters. The van der Waals surface area contributed by atoms with Crippen LogP contribution in [0, 0.1) is 22.7 Å². The van der Waals surface area contributed by atoms with Crippen LogP contribution in [0.2, 0.25) is 0 Å². The Morgan fingerprint density at radius 1 is 1.44 bits per heavy atom. The van der Waals surface area contributed by atoms with Crippen molar-refractivity contribution in [2.45, 2.75) is 26.3 Å². The van der Waals surface area contributed by atoms with Gasteiger partial charge in [-0.1, -0.05) is 0 Å². The highest BCUT2D eigenvalue weighted by molar-refractivity contribution is 5.45. The fourth-order valence-electron chi connectivity index (χ4n) is 1.45. The first-order valence-corrected chi connectivity index (χ1v) is 5.18. The van der Waals surface area contributed by atoms with Crippen LogP contribution < -0.4 is 4.90 Å². The standard InChI is InChI=1S/C12H14N4/c1-10(2)16(7-3-5-13)12-8-11(9-14)4-6-15-12/h4,6,8,10H,3,7H2,1-2H3. The van der Waals surface area contributed by atoms with Gasteiger partial charge >= 0.3 is 0 Å². The number of aromatic nitrogens is 1. The van der Waals surface area contributed by atoms with Crippen LogP contribution in [0.15, 0.2) is 18.3 Å². The van der Waals surface area contributed by atoms with E-state index >= 15 is 0 Å². The van der Waals surface area contributed by atoms with Gasteiger partial charge in [0.2, 0.25) is 0 Å². The molecule has 4 heteroatoms. The van der Waals surface area contributed by atoms with Crippen LogP contribution in [0.5, 0.6) is 0 Å². The Balaban J connectivity index is 2.93. The molecule has 0 amide bonds. The van der Waals surface area contributed by atoms with Gasteiger partial charge in [0, 0.05) is 18.8 Å². The van der Waals surface area contributed by atoms with Crippen molar-refractivity contribution >= 4 is 5.82 Å². The van der Waals surface area contributed by atoms with Crippen molar-refractivity contribution < 1.29 is 0 Å². The van der Waals surface area contributed by atoms with Gasteiger partial charge in [-0.05, 0) is 26.0 Å². The molecule has 0 fully saturated rings. The third kappa shape index (κ3) is 2.96. The lowest BCUT2D eigenvalue weighted by atomic mass is 10.2. The Morgan fingerprint density at radius 2 is 2.19 bits per heavy atom. The zero-order valence-corrected chi connectivity index (χ0v) is 9.51. The van der Waals surface area contributed by atoms with Gasteiger partial charge in [-0.3, -0.25) is 0 Å². The molecule has 82 valence electrons. The number of hydrogen-bond donors (Lipinski definition) is 0. The first kappa shape index (κ1) is 12.0. The van der Waals surface area contributed by atoms with Gasteiger partial charge in [-0.2, -0.15) is 10.5 Å². The molecule has 0 saturated carbocycles. The zero-order chi connectivity index (χ0) is 12.0. The molecule has 0 bridgehead atoms. The fourth-order valence-corrected chi connectivity index (χ4v) is 1.45. The van der Waals surface area contributed by atoms with Crippen LogP contribution in [0.4, 0.5) is 5.82 Å². The summed E-state index contributed by atoms with van der Waals surface area (Å²) >= 11 is 0. The summed E-state index contributed by atoms with van der Waals surface area (Å²) in [7, 11) is 0. The highest BCUT2D eigenvalue weighted by atomic mass is 15.2. The van der Waals surface area contributed by atoms with Crippen molar-refractivity contribution in [3.05, 3.63) is 23.9 Å². The normalized spacial score (nSPS) is 9.56. The van der Waals surface area contributed by atoms with Gasteiger partial charge in [-0.15, -0.1) is 0 Å². The number of pyridine rings is 1. The second kappa shape index (κ2) is 5.72. The Morgan fingerprint density at radius 3 is 2.75 bits per heavy atom. The zero-order valence-electron chi connectivity index (χ0n) is 9.51. The van der Waals surface area contributed by atoms with Gasteiger partial charge in [0.15, 0.2) is 0 Å². The van der Waals surface area contributed by atoms with Crippen LogP contribution in [0.25, 0.3) is 0 Å². The minimum atomic E-state index is 0.259. The largest absolute Gasteiger partial charge is 0.353 e. The van der Waals surface area contributed by atoms with Gasteiger partial charge < -0.3 is 4.90 Å². The molecule has 1 aromatic rings. The third-order valence-corrected chi connectivity index (χ3v) is 2.26. The predicted octanol–water partition coefficient (Wildman–Crippen LogP) is 2.08.